The second-order valence-electron chi connectivity index (χ2n) is 6.45. The van der Waals surface area contributed by atoms with Crippen molar-refractivity contribution in [1.29, 1.82) is 0 Å². The highest BCUT2D eigenvalue weighted by molar-refractivity contribution is 6.33. The van der Waals surface area contributed by atoms with E-state index < -0.39 is 18.5 Å². The molecule has 0 aliphatic heterocycles. The van der Waals surface area contributed by atoms with Gasteiger partial charge in [-0.15, -0.1) is 0 Å². The maximum absolute atomic E-state index is 12.3. The predicted octanol–water partition coefficient (Wildman–Crippen LogP) is 3.97. The van der Waals surface area contributed by atoms with Gasteiger partial charge in [0.15, 0.2) is 12.4 Å². The zero-order chi connectivity index (χ0) is 19.2. The Morgan fingerprint density at radius 3 is 2.59 bits per heavy atom. The number of hydrogen-bond donors (Lipinski definition) is 1. The number of carbonyl (C=O) groups excluding carboxylic acids is 3. The zero-order valence-corrected chi connectivity index (χ0v) is 15.6. The van der Waals surface area contributed by atoms with Gasteiger partial charge < -0.3 is 10.1 Å². The lowest BCUT2D eigenvalue weighted by Crippen LogP contribution is -2.21. The van der Waals surface area contributed by atoms with Crippen LogP contribution in [0.1, 0.15) is 40.7 Å². The molecule has 0 atom stereocenters. The molecule has 1 amide bonds. The Bertz CT molecular complexity index is 878. The molecule has 0 saturated carbocycles. The molecule has 2 aromatic rings. The van der Waals surface area contributed by atoms with Crippen LogP contribution in [0.5, 0.6) is 0 Å². The number of carbonyl (C=O) groups is 3. The Labute approximate surface area is 162 Å². The molecular formula is C21H20ClNO4. The largest absolute Gasteiger partial charge is 0.456 e. The van der Waals surface area contributed by atoms with Crippen molar-refractivity contribution in [2.75, 3.05) is 11.9 Å². The third-order valence-electron chi connectivity index (χ3n) is 4.49. The average Bonchev–Trinajstić information content (AvgIpc) is 3.14. The van der Waals surface area contributed by atoms with Gasteiger partial charge in [0, 0.05) is 12.0 Å². The second-order valence-corrected chi connectivity index (χ2v) is 6.86. The first kappa shape index (κ1) is 19.1. The Kier molecular flexibility index (Phi) is 6.24. The molecule has 1 N–H and O–H groups in total. The van der Waals surface area contributed by atoms with Gasteiger partial charge in [0.2, 0.25) is 0 Å². The number of rotatable bonds is 7. The molecule has 0 unspecified atom stereocenters. The fourth-order valence-electron chi connectivity index (χ4n) is 3.07. The lowest BCUT2D eigenvalue weighted by Gasteiger charge is -2.08. The molecule has 0 fully saturated rings. The van der Waals surface area contributed by atoms with Crippen molar-refractivity contribution in [3.63, 3.8) is 0 Å². The fourth-order valence-corrected chi connectivity index (χ4v) is 3.26. The van der Waals surface area contributed by atoms with E-state index in [0.717, 1.165) is 19.3 Å². The number of ketones is 1. The highest BCUT2D eigenvalue weighted by atomic mass is 35.5. The van der Waals surface area contributed by atoms with Crippen LogP contribution in [-0.4, -0.2) is 24.3 Å². The molecule has 140 valence electrons. The molecule has 0 spiro atoms. The number of Topliss-reactive ketones (excluding diaryl/α,β-unsaturated/α-hetero) is 1. The van der Waals surface area contributed by atoms with Crippen molar-refractivity contribution in [2.24, 2.45) is 0 Å². The molecule has 2 aromatic carbocycles. The normalized spacial score (nSPS) is 12.3. The van der Waals surface area contributed by atoms with E-state index in [2.05, 4.69) is 5.32 Å². The topological polar surface area (TPSA) is 72.5 Å². The van der Waals surface area contributed by atoms with Crippen LogP contribution >= 0.6 is 11.6 Å². The summed E-state index contributed by atoms with van der Waals surface area (Å²) < 4.78 is 4.93. The van der Waals surface area contributed by atoms with E-state index in [1.165, 1.54) is 11.1 Å². The summed E-state index contributed by atoms with van der Waals surface area (Å²) in [6.07, 6.45) is 3.18. The van der Waals surface area contributed by atoms with E-state index in [4.69, 9.17) is 16.3 Å². The summed E-state index contributed by atoms with van der Waals surface area (Å²) in [6.45, 7) is -0.420. The first-order valence-corrected chi connectivity index (χ1v) is 9.26. The van der Waals surface area contributed by atoms with Crippen LogP contribution in [0.15, 0.2) is 42.5 Å². The number of anilines is 1. The van der Waals surface area contributed by atoms with Gasteiger partial charge >= 0.3 is 5.97 Å². The number of fused-ring (bicyclic) bond motifs is 1. The standard InChI is InChI=1S/C21H20ClNO4/c22-17-6-1-2-7-18(17)23-20(25)13-27-21(26)11-10-19(24)16-9-8-14-4-3-5-15(14)12-16/h1-2,6-9,12H,3-5,10-11,13H2,(H,23,25). The van der Waals surface area contributed by atoms with Gasteiger partial charge in [-0.05, 0) is 48.6 Å². The Hall–Kier alpha value is -2.66. The second kappa shape index (κ2) is 8.82. The zero-order valence-electron chi connectivity index (χ0n) is 14.8. The Balaban J connectivity index is 1.42. The van der Waals surface area contributed by atoms with Crippen molar-refractivity contribution < 1.29 is 19.1 Å². The number of aryl methyl sites for hydroxylation is 2. The van der Waals surface area contributed by atoms with Crippen molar-refractivity contribution in [1.82, 2.24) is 0 Å². The molecule has 3 rings (SSSR count). The van der Waals surface area contributed by atoms with Crippen molar-refractivity contribution in [2.45, 2.75) is 32.1 Å². The van der Waals surface area contributed by atoms with E-state index in [9.17, 15) is 14.4 Å². The number of nitrogens with one attached hydrogen (secondary N) is 1. The summed E-state index contributed by atoms with van der Waals surface area (Å²) in [5.41, 5.74) is 3.60. The van der Waals surface area contributed by atoms with Crippen molar-refractivity contribution in [3.05, 3.63) is 64.2 Å². The van der Waals surface area contributed by atoms with Gasteiger partial charge in [-0.3, -0.25) is 14.4 Å². The number of esters is 1. The molecule has 5 nitrogen and oxygen atoms in total. The highest BCUT2D eigenvalue weighted by Gasteiger charge is 2.16. The quantitative estimate of drug-likeness (QED) is 0.578. The minimum absolute atomic E-state index is 0.0593. The molecule has 0 saturated heterocycles. The average molecular weight is 386 g/mol. The van der Waals surface area contributed by atoms with Crippen LogP contribution in [0.3, 0.4) is 0 Å². The minimum atomic E-state index is -0.584. The van der Waals surface area contributed by atoms with Gasteiger partial charge in [0.25, 0.3) is 5.91 Å². The van der Waals surface area contributed by atoms with Gasteiger partial charge in [-0.1, -0.05) is 35.9 Å². The monoisotopic (exact) mass is 385 g/mol. The summed E-state index contributed by atoms with van der Waals surface area (Å²) in [5, 5.41) is 2.97. The summed E-state index contributed by atoms with van der Waals surface area (Å²) in [6, 6.07) is 12.5. The van der Waals surface area contributed by atoms with E-state index in [0.29, 0.717) is 16.3 Å². The van der Waals surface area contributed by atoms with E-state index in [1.807, 2.05) is 18.2 Å². The lowest BCUT2D eigenvalue weighted by molar-refractivity contribution is -0.147. The fraction of sp³-hybridized carbons (Fsp3) is 0.286. The number of hydrogen-bond acceptors (Lipinski definition) is 4. The molecule has 1 aliphatic carbocycles. The molecule has 0 bridgehead atoms. The Morgan fingerprint density at radius 2 is 1.78 bits per heavy atom. The molecule has 0 radical (unpaired) electrons. The third-order valence-corrected chi connectivity index (χ3v) is 4.82. The summed E-state index contributed by atoms with van der Waals surface area (Å²) >= 11 is 5.95. The van der Waals surface area contributed by atoms with Crippen LogP contribution in [0.2, 0.25) is 5.02 Å². The maximum atomic E-state index is 12.3. The number of amides is 1. The molecule has 0 heterocycles. The summed E-state index contributed by atoms with van der Waals surface area (Å²) in [7, 11) is 0. The minimum Gasteiger partial charge on any atom is -0.456 e. The van der Waals surface area contributed by atoms with Crippen LogP contribution in [0, 0.1) is 0 Å². The molecule has 27 heavy (non-hydrogen) atoms. The van der Waals surface area contributed by atoms with Gasteiger partial charge in [0.05, 0.1) is 17.1 Å². The maximum Gasteiger partial charge on any atom is 0.306 e. The SMILES string of the molecule is O=C(COC(=O)CCC(=O)c1ccc2c(c1)CCC2)Nc1ccccc1Cl. The number of para-hydroxylation sites is 1. The van der Waals surface area contributed by atoms with E-state index in [-0.39, 0.29) is 18.6 Å². The number of halogens is 1. The van der Waals surface area contributed by atoms with Crippen LogP contribution in [0.4, 0.5) is 5.69 Å². The number of ether oxygens (including phenoxy) is 1. The van der Waals surface area contributed by atoms with E-state index in [1.54, 1.807) is 24.3 Å². The van der Waals surface area contributed by atoms with Gasteiger partial charge in [0.1, 0.15) is 0 Å². The lowest BCUT2D eigenvalue weighted by atomic mass is 10.0. The van der Waals surface area contributed by atoms with Crippen molar-refractivity contribution >= 4 is 34.9 Å². The smallest absolute Gasteiger partial charge is 0.306 e. The van der Waals surface area contributed by atoms with E-state index >= 15 is 0 Å². The van der Waals surface area contributed by atoms with Crippen LogP contribution < -0.4 is 5.32 Å². The van der Waals surface area contributed by atoms with Gasteiger partial charge in [-0.25, -0.2) is 0 Å². The van der Waals surface area contributed by atoms with Crippen LogP contribution in [-0.2, 0) is 27.2 Å². The third kappa shape index (κ3) is 5.17. The summed E-state index contributed by atoms with van der Waals surface area (Å²) in [4.78, 5) is 35.9. The summed E-state index contributed by atoms with van der Waals surface area (Å²) in [5.74, 6) is -1.16. The first-order chi connectivity index (χ1) is 13.0. The molecule has 6 heteroatoms. The number of benzene rings is 2. The molecular weight excluding hydrogens is 366 g/mol. The molecule has 0 aromatic heterocycles. The highest BCUT2D eigenvalue weighted by Crippen LogP contribution is 2.23. The van der Waals surface area contributed by atoms with Crippen LogP contribution in [0.25, 0.3) is 0 Å². The predicted molar refractivity (Wildman–Crippen MR) is 103 cm³/mol. The Morgan fingerprint density at radius 1 is 1.00 bits per heavy atom. The van der Waals surface area contributed by atoms with Gasteiger partial charge in [-0.2, -0.15) is 0 Å². The first-order valence-electron chi connectivity index (χ1n) is 8.88. The molecule has 1 aliphatic rings. The van der Waals surface area contributed by atoms with Crippen molar-refractivity contribution in [3.8, 4) is 0 Å².